The van der Waals surface area contributed by atoms with Crippen LogP contribution in [0, 0.1) is 11.7 Å². The molecule has 0 bridgehead atoms. The average molecular weight is 428 g/mol. The van der Waals surface area contributed by atoms with Gasteiger partial charge in [0.15, 0.2) is 0 Å². The zero-order valence-electron chi connectivity index (χ0n) is 15.9. The quantitative estimate of drug-likeness (QED) is 0.527. The molecule has 1 unspecified atom stereocenters. The lowest BCUT2D eigenvalue weighted by Gasteiger charge is -2.26. The molecule has 160 valence electrons. The number of halogens is 1. The standard InChI is InChI=1S/C18H25FN4O5S/c19-13-1-4-16(20-10-13)23-18(25)15(9-12-5-7-28-8-6-12)22-17(24)11-21-29(26,27)14-2-3-14/h1,4,10,12,14-15,21H,2-3,5-9,11H2,(H,22,24)(H,20,23,25). The summed E-state index contributed by atoms with van der Waals surface area (Å²) in [4.78, 5) is 28.8. The number of carbonyl (C=O) groups is 2. The van der Waals surface area contributed by atoms with Crippen molar-refractivity contribution < 1.29 is 27.1 Å². The molecule has 0 aromatic carbocycles. The number of carbonyl (C=O) groups excluding carboxylic acids is 2. The van der Waals surface area contributed by atoms with E-state index in [1.807, 2.05) is 0 Å². The van der Waals surface area contributed by atoms with Gasteiger partial charge in [0.2, 0.25) is 21.8 Å². The molecule has 3 N–H and O–H groups in total. The minimum atomic E-state index is -3.49. The van der Waals surface area contributed by atoms with Crippen LogP contribution in [0.25, 0.3) is 0 Å². The number of hydrogen-bond acceptors (Lipinski definition) is 6. The third kappa shape index (κ3) is 6.72. The van der Waals surface area contributed by atoms with Gasteiger partial charge in [-0.3, -0.25) is 9.59 Å². The highest BCUT2D eigenvalue weighted by Gasteiger charge is 2.36. The van der Waals surface area contributed by atoms with Gasteiger partial charge in [-0.2, -0.15) is 0 Å². The number of amides is 2. The summed E-state index contributed by atoms with van der Waals surface area (Å²) in [6.45, 7) is 0.756. The van der Waals surface area contributed by atoms with Gasteiger partial charge in [0, 0.05) is 13.2 Å². The predicted molar refractivity (Wildman–Crippen MR) is 103 cm³/mol. The van der Waals surface area contributed by atoms with E-state index >= 15 is 0 Å². The molecular formula is C18H25FN4O5S. The zero-order valence-corrected chi connectivity index (χ0v) is 16.7. The largest absolute Gasteiger partial charge is 0.381 e. The van der Waals surface area contributed by atoms with Crippen LogP contribution in [0.4, 0.5) is 10.2 Å². The number of aromatic nitrogens is 1. The lowest BCUT2D eigenvalue weighted by molar-refractivity contribution is -0.126. The second kappa shape index (κ2) is 9.59. The third-order valence-electron chi connectivity index (χ3n) is 4.94. The molecule has 9 nitrogen and oxygen atoms in total. The number of rotatable bonds is 9. The molecule has 3 rings (SSSR count). The van der Waals surface area contributed by atoms with E-state index in [9.17, 15) is 22.4 Å². The molecule has 1 aliphatic heterocycles. The van der Waals surface area contributed by atoms with E-state index in [0.29, 0.717) is 32.5 Å². The zero-order chi connectivity index (χ0) is 20.9. The Morgan fingerprint density at radius 2 is 1.93 bits per heavy atom. The van der Waals surface area contributed by atoms with Gasteiger partial charge in [-0.25, -0.2) is 22.5 Å². The van der Waals surface area contributed by atoms with Crippen LogP contribution in [0.1, 0.15) is 32.1 Å². The van der Waals surface area contributed by atoms with E-state index in [4.69, 9.17) is 4.74 Å². The van der Waals surface area contributed by atoms with Crippen molar-refractivity contribution >= 4 is 27.7 Å². The maximum absolute atomic E-state index is 13.0. The van der Waals surface area contributed by atoms with Crippen molar-refractivity contribution in [2.75, 3.05) is 25.1 Å². The van der Waals surface area contributed by atoms with Crippen LogP contribution in [0.15, 0.2) is 18.3 Å². The molecule has 0 spiro atoms. The molecule has 1 aromatic rings. The van der Waals surface area contributed by atoms with Crippen LogP contribution in [-0.4, -0.2) is 56.3 Å². The summed E-state index contributed by atoms with van der Waals surface area (Å²) >= 11 is 0. The number of nitrogens with zero attached hydrogens (tertiary/aromatic N) is 1. The Hall–Kier alpha value is -2.11. The predicted octanol–water partition coefficient (Wildman–Crippen LogP) is 0.542. The van der Waals surface area contributed by atoms with Gasteiger partial charge in [-0.15, -0.1) is 0 Å². The van der Waals surface area contributed by atoms with E-state index in [0.717, 1.165) is 19.0 Å². The lowest BCUT2D eigenvalue weighted by Crippen LogP contribution is -2.48. The first-order valence-corrected chi connectivity index (χ1v) is 11.2. The molecule has 2 fully saturated rings. The highest BCUT2D eigenvalue weighted by Crippen LogP contribution is 2.27. The minimum Gasteiger partial charge on any atom is -0.381 e. The molecule has 1 aliphatic carbocycles. The summed E-state index contributed by atoms with van der Waals surface area (Å²) in [5.41, 5.74) is 0. The minimum absolute atomic E-state index is 0.164. The Balaban J connectivity index is 1.60. The number of pyridine rings is 1. The van der Waals surface area contributed by atoms with E-state index < -0.39 is 45.5 Å². The average Bonchev–Trinajstić information content (AvgIpc) is 3.55. The Labute approximate surface area is 168 Å². The van der Waals surface area contributed by atoms with Crippen molar-refractivity contribution in [3.8, 4) is 0 Å². The van der Waals surface area contributed by atoms with Crippen molar-refractivity contribution in [2.45, 2.75) is 43.4 Å². The number of sulfonamides is 1. The van der Waals surface area contributed by atoms with E-state index in [1.165, 1.54) is 12.1 Å². The molecule has 2 aliphatic rings. The highest BCUT2D eigenvalue weighted by molar-refractivity contribution is 7.90. The second-order valence-corrected chi connectivity index (χ2v) is 9.37. The van der Waals surface area contributed by atoms with E-state index in [2.05, 4.69) is 20.3 Å². The van der Waals surface area contributed by atoms with Crippen LogP contribution in [0.5, 0.6) is 0 Å². The van der Waals surface area contributed by atoms with Crippen LogP contribution >= 0.6 is 0 Å². The first kappa shape index (κ1) is 21.6. The summed E-state index contributed by atoms with van der Waals surface area (Å²) in [7, 11) is -3.49. The summed E-state index contributed by atoms with van der Waals surface area (Å²) in [6.07, 6.45) is 4.09. The molecule has 0 radical (unpaired) electrons. The van der Waals surface area contributed by atoms with Crippen molar-refractivity contribution in [1.29, 1.82) is 0 Å². The molecule has 1 atom stereocenters. The second-order valence-electron chi connectivity index (χ2n) is 7.33. The van der Waals surface area contributed by atoms with Crippen molar-refractivity contribution in [1.82, 2.24) is 15.0 Å². The van der Waals surface area contributed by atoms with Crippen LogP contribution in [-0.2, 0) is 24.3 Å². The Bertz CT molecular complexity index is 823. The Morgan fingerprint density at radius 1 is 1.21 bits per heavy atom. The van der Waals surface area contributed by atoms with Gasteiger partial charge in [-0.1, -0.05) is 0 Å². The maximum Gasteiger partial charge on any atom is 0.248 e. The molecule has 29 heavy (non-hydrogen) atoms. The highest BCUT2D eigenvalue weighted by atomic mass is 32.2. The first-order valence-electron chi connectivity index (χ1n) is 9.61. The maximum atomic E-state index is 13.0. The number of anilines is 1. The monoisotopic (exact) mass is 428 g/mol. The first-order chi connectivity index (χ1) is 13.8. The molecule has 2 amide bonds. The van der Waals surface area contributed by atoms with Crippen LogP contribution < -0.4 is 15.4 Å². The van der Waals surface area contributed by atoms with Gasteiger partial charge in [-0.05, 0) is 50.2 Å². The van der Waals surface area contributed by atoms with Crippen LogP contribution in [0.2, 0.25) is 0 Å². The lowest BCUT2D eigenvalue weighted by atomic mass is 9.92. The summed E-state index contributed by atoms with van der Waals surface area (Å²) in [5, 5.41) is 4.74. The van der Waals surface area contributed by atoms with E-state index in [1.54, 1.807) is 0 Å². The van der Waals surface area contributed by atoms with Gasteiger partial charge in [0.05, 0.1) is 18.0 Å². The molecule has 11 heteroatoms. The van der Waals surface area contributed by atoms with Gasteiger partial charge < -0.3 is 15.4 Å². The fourth-order valence-electron chi connectivity index (χ4n) is 3.12. The fourth-order valence-corrected chi connectivity index (χ4v) is 4.44. The van der Waals surface area contributed by atoms with Gasteiger partial charge in [0.25, 0.3) is 0 Å². The van der Waals surface area contributed by atoms with Gasteiger partial charge >= 0.3 is 0 Å². The normalized spacial score (nSPS) is 18.8. The number of nitrogens with one attached hydrogen (secondary N) is 3. The Morgan fingerprint density at radius 3 is 2.55 bits per heavy atom. The molecule has 1 saturated carbocycles. The summed E-state index contributed by atoms with van der Waals surface area (Å²) in [6, 6.07) is 1.62. The molecule has 1 aromatic heterocycles. The van der Waals surface area contributed by atoms with E-state index in [-0.39, 0.29) is 11.7 Å². The molecular weight excluding hydrogens is 403 g/mol. The topological polar surface area (TPSA) is 126 Å². The fraction of sp³-hybridized carbons (Fsp3) is 0.611. The number of hydrogen-bond donors (Lipinski definition) is 3. The smallest absolute Gasteiger partial charge is 0.248 e. The van der Waals surface area contributed by atoms with Crippen molar-refractivity contribution in [3.05, 3.63) is 24.1 Å². The third-order valence-corrected chi connectivity index (χ3v) is 6.83. The summed E-state index contributed by atoms with van der Waals surface area (Å²) in [5.74, 6) is -1.26. The summed E-state index contributed by atoms with van der Waals surface area (Å²) < 4.78 is 44.4. The molecule has 1 saturated heterocycles. The van der Waals surface area contributed by atoms with Crippen LogP contribution in [0.3, 0.4) is 0 Å². The van der Waals surface area contributed by atoms with Gasteiger partial charge in [0.1, 0.15) is 17.7 Å². The number of ether oxygens (including phenoxy) is 1. The molecule has 2 heterocycles. The van der Waals surface area contributed by atoms with Crippen molar-refractivity contribution in [3.63, 3.8) is 0 Å². The SMILES string of the molecule is O=C(CNS(=O)(=O)C1CC1)NC(CC1CCOCC1)C(=O)Nc1ccc(F)cn1. The van der Waals surface area contributed by atoms with Crippen molar-refractivity contribution in [2.24, 2.45) is 5.92 Å². The Kier molecular flexibility index (Phi) is 7.14.